The fourth-order valence-electron chi connectivity index (χ4n) is 2.79. The van der Waals surface area contributed by atoms with Gasteiger partial charge < -0.3 is 4.74 Å². The lowest BCUT2D eigenvalue weighted by atomic mass is 10.1. The maximum atomic E-state index is 12.9. The minimum Gasteiger partial charge on any atom is -0.364 e. The zero-order valence-corrected chi connectivity index (χ0v) is 17.4. The first-order chi connectivity index (χ1) is 14.5. The number of hydroxylamine groups is 1. The van der Waals surface area contributed by atoms with Crippen molar-refractivity contribution in [2.24, 2.45) is 0 Å². The molecule has 0 aliphatic rings. The van der Waals surface area contributed by atoms with Gasteiger partial charge in [-0.05, 0) is 30.2 Å². The Labute approximate surface area is 177 Å². The molecule has 6 heteroatoms. The van der Waals surface area contributed by atoms with Crippen molar-refractivity contribution in [3.63, 3.8) is 0 Å². The average Bonchev–Trinajstić information content (AvgIpc) is 2.77. The SMILES string of the molecule is Cc1ccc(S(=O)(=O)N(O)C(C#CCOCc2ccccc2)c2ccccc2)cc1. The van der Waals surface area contributed by atoms with Gasteiger partial charge >= 0.3 is 0 Å². The van der Waals surface area contributed by atoms with Crippen molar-refractivity contribution in [1.82, 2.24) is 4.47 Å². The lowest BCUT2D eigenvalue weighted by Crippen LogP contribution is -2.31. The van der Waals surface area contributed by atoms with Crippen molar-refractivity contribution in [2.45, 2.75) is 24.5 Å². The van der Waals surface area contributed by atoms with Crippen molar-refractivity contribution in [2.75, 3.05) is 6.61 Å². The van der Waals surface area contributed by atoms with Crippen LogP contribution in [0.1, 0.15) is 22.7 Å². The van der Waals surface area contributed by atoms with Crippen molar-refractivity contribution in [3.05, 3.63) is 102 Å². The fourth-order valence-corrected chi connectivity index (χ4v) is 3.94. The quantitative estimate of drug-likeness (QED) is 0.350. The second kappa shape index (κ2) is 10.2. The van der Waals surface area contributed by atoms with Crippen LogP contribution in [0.5, 0.6) is 0 Å². The molecular weight excluding hydrogens is 398 g/mol. The molecule has 0 bridgehead atoms. The summed E-state index contributed by atoms with van der Waals surface area (Å²) in [7, 11) is -4.14. The van der Waals surface area contributed by atoms with Crippen molar-refractivity contribution in [1.29, 1.82) is 0 Å². The molecule has 154 valence electrons. The highest BCUT2D eigenvalue weighted by Gasteiger charge is 2.30. The molecule has 0 aliphatic carbocycles. The Morgan fingerprint density at radius 3 is 2.17 bits per heavy atom. The van der Waals surface area contributed by atoms with E-state index in [4.69, 9.17) is 4.74 Å². The third-order valence-electron chi connectivity index (χ3n) is 4.43. The van der Waals surface area contributed by atoms with E-state index in [1.165, 1.54) is 12.1 Å². The molecule has 3 rings (SSSR count). The maximum Gasteiger partial charge on any atom is 0.266 e. The average molecular weight is 422 g/mol. The Kier molecular flexibility index (Phi) is 7.39. The number of nitrogens with zero attached hydrogens (tertiary/aromatic N) is 1. The van der Waals surface area contributed by atoms with Crippen LogP contribution in [0.4, 0.5) is 0 Å². The maximum absolute atomic E-state index is 12.9. The molecule has 0 fully saturated rings. The van der Waals surface area contributed by atoms with Gasteiger partial charge in [0.2, 0.25) is 0 Å². The van der Waals surface area contributed by atoms with Crippen LogP contribution >= 0.6 is 0 Å². The zero-order chi connectivity index (χ0) is 21.4. The molecule has 5 nitrogen and oxygen atoms in total. The Hall–Kier alpha value is -2.95. The van der Waals surface area contributed by atoms with Gasteiger partial charge in [0.15, 0.2) is 0 Å². The Balaban J connectivity index is 1.78. The highest BCUT2D eigenvalue weighted by Crippen LogP contribution is 2.25. The molecule has 1 atom stereocenters. The molecule has 0 amide bonds. The highest BCUT2D eigenvalue weighted by molar-refractivity contribution is 7.89. The molecule has 1 N–H and O–H groups in total. The molecule has 0 saturated heterocycles. The van der Waals surface area contributed by atoms with Crippen LogP contribution in [0.2, 0.25) is 0 Å². The molecule has 0 aromatic heterocycles. The molecule has 0 saturated carbocycles. The summed E-state index contributed by atoms with van der Waals surface area (Å²) in [5, 5.41) is 10.6. The van der Waals surface area contributed by atoms with E-state index in [0.29, 0.717) is 16.6 Å². The molecule has 30 heavy (non-hydrogen) atoms. The van der Waals surface area contributed by atoms with E-state index < -0.39 is 16.1 Å². The minimum atomic E-state index is -4.14. The molecule has 3 aromatic carbocycles. The molecule has 0 heterocycles. The number of rotatable bonds is 7. The summed E-state index contributed by atoms with van der Waals surface area (Å²) in [6.07, 6.45) is 0. The van der Waals surface area contributed by atoms with E-state index in [0.717, 1.165) is 11.1 Å². The summed E-state index contributed by atoms with van der Waals surface area (Å²) in [6, 6.07) is 23.7. The summed E-state index contributed by atoms with van der Waals surface area (Å²) in [5.74, 6) is 5.66. The van der Waals surface area contributed by atoms with Gasteiger partial charge in [-0.15, -0.1) is 0 Å². The Morgan fingerprint density at radius 2 is 1.53 bits per heavy atom. The number of sulfonamides is 1. The van der Waals surface area contributed by atoms with Gasteiger partial charge in [0, 0.05) is 0 Å². The van der Waals surface area contributed by atoms with Crippen LogP contribution in [-0.4, -0.2) is 24.7 Å². The van der Waals surface area contributed by atoms with Crippen molar-refractivity contribution in [3.8, 4) is 11.8 Å². The summed E-state index contributed by atoms with van der Waals surface area (Å²) in [4.78, 5) is -0.00124. The van der Waals surface area contributed by atoms with Crippen LogP contribution in [-0.2, 0) is 21.4 Å². The largest absolute Gasteiger partial charge is 0.364 e. The summed E-state index contributed by atoms with van der Waals surface area (Å²) >= 11 is 0. The number of aryl methyl sites for hydroxylation is 1. The van der Waals surface area contributed by atoms with Crippen LogP contribution in [0, 0.1) is 18.8 Å². The van der Waals surface area contributed by atoms with Crippen LogP contribution in [0.3, 0.4) is 0 Å². The third kappa shape index (κ3) is 5.56. The number of hydrogen-bond acceptors (Lipinski definition) is 4. The third-order valence-corrected chi connectivity index (χ3v) is 6.00. The predicted octanol–water partition coefficient (Wildman–Crippen LogP) is 4.34. The van der Waals surface area contributed by atoms with Crippen molar-refractivity contribution < 1.29 is 18.4 Å². The Bertz CT molecular complexity index is 1100. The van der Waals surface area contributed by atoms with Gasteiger partial charge in [0.05, 0.1) is 11.5 Å². The number of benzene rings is 3. The molecule has 0 aliphatic heterocycles. The van der Waals surface area contributed by atoms with Gasteiger partial charge in [-0.25, -0.2) is 8.42 Å². The van der Waals surface area contributed by atoms with E-state index >= 15 is 0 Å². The lowest BCUT2D eigenvalue weighted by molar-refractivity contribution is -0.0186. The fraction of sp³-hybridized carbons (Fsp3) is 0.167. The van der Waals surface area contributed by atoms with Crippen molar-refractivity contribution >= 4 is 10.0 Å². The lowest BCUT2D eigenvalue weighted by Gasteiger charge is -2.22. The van der Waals surface area contributed by atoms with Gasteiger partial charge in [0.25, 0.3) is 10.0 Å². The van der Waals surface area contributed by atoms with Gasteiger partial charge in [-0.3, -0.25) is 5.21 Å². The van der Waals surface area contributed by atoms with Crippen LogP contribution < -0.4 is 0 Å². The topological polar surface area (TPSA) is 66.8 Å². The predicted molar refractivity (Wildman–Crippen MR) is 115 cm³/mol. The first-order valence-corrected chi connectivity index (χ1v) is 10.9. The second-order valence-corrected chi connectivity index (χ2v) is 8.50. The minimum absolute atomic E-state index is 0.00124. The van der Waals surface area contributed by atoms with Gasteiger partial charge in [0.1, 0.15) is 12.6 Å². The summed E-state index contributed by atoms with van der Waals surface area (Å²) in [6.45, 7) is 2.37. The van der Waals surface area contributed by atoms with Crippen LogP contribution in [0.15, 0.2) is 89.8 Å². The second-order valence-electron chi connectivity index (χ2n) is 6.70. The van der Waals surface area contributed by atoms with Gasteiger partial charge in [-0.1, -0.05) is 94.7 Å². The van der Waals surface area contributed by atoms with Crippen LogP contribution in [0.25, 0.3) is 0 Å². The first-order valence-electron chi connectivity index (χ1n) is 9.43. The first kappa shape index (κ1) is 21.8. The smallest absolute Gasteiger partial charge is 0.266 e. The molecule has 0 spiro atoms. The molecule has 0 radical (unpaired) electrons. The molecular formula is C24H23NO4S. The number of hydrogen-bond donors (Lipinski definition) is 1. The van der Waals surface area contributed by atoms with E-state index in [-0.39, 0.29) is 11.5 Å². The summed E-state index contributed by atoms with van der Waals surface area (Å²) < 4.78 is 31.7. The zero-order valence-electron chi connectivity index (χ0n) is 16.6. The van der Waals surface area contributed by atoms with E-state index in [1.807, 2.05) is 43.3 Å². The molecule has 3 aromatic rings. The molecule has 1 unspecified atom stereocenters. The van der Waals surface area contributed by atoms with E-state index in [1.54, 1.807) is 36.4 Å². The highest BCUT2D eigenvalue weighted by atomic mass is 32.2. The van der Waals surface area contributed by atoms with E-state index in [2.05, 4.69) is 11.8 Å². The van der Waals surface area contributed by atoms with Gasteiger partial charge in [-0.2, -0.15) is 0 Å². The number of ether oxygens (including phenoxy) is 1. The van der Waals surface area contributed by atoms with E-state index in [9.17, 15) is 13.6 Å². The standard InChI is InChI=1S/C24H23NO4S/c1-20-14-16-23(17-15-20)30(27,28)25(26)24(22-11-6-3-7-12-22)13-8-18-29-19-21-9-4-2-5-10-21/h2-7,9-12,14-17,24,26H,18-19H2,1H3. The Morgan fingerprint density at radius 1 is 0.933 bits per heavy atom. The summed E-state index contributed by atoms with van der Waals surface area (Å²) in [5.41, 5.74) is 2.50. The normalized spacial score (nSPS) is 12.2. The monoisotopic (exact) mass is 421 g/mol.